The summed E-state index contributed by atoms with van der Waals surface area (Å²) in [6.45, 7) is 3.02. The second-order valence-electron chi connectivity index (χ2n) is 22.6. The number of nitrogens with two attached hydrogens (primary N) is 5. The van der Waals surface area contributed by atoms with E-state index in [0.717, 1.165) is 11.8 Å². The number of nitrogens with zero attached hydrogens (tertiary/aromatic N) is 3. The molecule has 1 aliphatic heterocycles. The number of rotatable bonds is 42. The van der Waals surface area contributed by atoms with Crippen LogP contribution in [0.2, 0.25) is 0 Å². The Labute approximate surface area is 549 Å². The van der Waals surface area contributed by atoms with Gasteiger partial charge in [-0.3, -0.25) is 72.1 Å². The molecule has 0 saturated carbocycles. The number of carboxylic acids is 2. The van der Waals surface area contributed by atoms with Gasteiger partial charge in [-0.2, -0.15) is 11.8 Å². The summed E-state index contributed by atoms with van der Waals surface area (Å²) in [5.41, 5.74) is 28.4. The van der Waals surface area contributed by atoms with Crippen molar-refractivity contribution in [3.05, 3.63) is 54.1 Å². The van der Waals surface area contributed by atoms with Crippen LogP contribution in [0.3, 0.4) is 0 Å². The minimum Gasteiger partial charge on any atom is -0.481 e. The summed E-state index contributed by atoms with van der Waals surface area (Å²) in [6.07, 6.45) is 1.71. The lowest BCUT2D eigenvalue weighted by Crippen LogP contribution is -2.61. The van der Waals surface area contributed by atoms with E-state index >= 15 is 0 Å². The van der Waals surface area contributed by atoms with Gasteiger partial charge in [-0.1, -0.05) is 44.2 Å². The first-order valence-electron chi connectivity index (χ1n) is 30.1. The van der Waals surface area contributed by atoms with Crippen molar-refractivity contribution in [1.29, 1.82) is 0 Å². The Hall–Kier alpha value is -9.98. The van der Waals surface area contributed by atoms with Gasteiger partial charge in [0.25, 0.3) is 0 Å². The molecule has 0 aliphatic carbocycles. The number of aliphatic hydroxyl groups excluding tert-OH is 1. The first-order chi connectivity index (χ1) is 44.8. The largest absolute Gasteiger partial charge is 0.481 e. The third-order valence-electron chi connectivity index (χ3n) is 14.3. The smallest absolute Gasteiger partial charge is 0.326 e. The number of imidazole rings is 1. The maximum atomic E-state index is 14.2. The standard InChI is InChI=1S/C57H87N19O18S/c1-28(2)18-35(48(85)65-25-44(80)68-34(56(93)94)12-8-15-64-57(61)62)74-54(91)41-13-9-16-76(41)55(92)40(26-77)75-51(88)36(19-30-10-6-5-7-11-30)70-46(83)29(3)67-50(87)37(21-42(59)78)71-52(89)38(22-43(60)79)72-53(90)39(23-45(81)82)73-49(86)33(14-17-95-4)69-47(84)32(58)20-31-24-63-27-66-31/h5-7,10-11,24,27-29,32-41,77H,8-9,12-23,25-26,58H2,1-4H3,(H2,59,78)(H2,60,79)(H,63,66)(H,65,85)(H,67,87)(H,68,80)(H,69,84)(H,70,83)(H,71,89)(H,72,90)(H,73,86)(H,74,91)(H,75,88)(H,81,82)(H,93,94)(H4,61,62,64)/t29-,32-,33-,34-,35-,36-,37-,38-,39-,40-,41-/m0/s1. The summed E-state index contributed by atoms with van der Waals surface area (Å²) in [4.78, 5) is 211. The van der Waals surface area contributed by atoms with Gasteiger partial charge in [-0.15, -0.1) is 0 Å². The molecule has 37 nitrogen and oxygen atoms in total. The van der Waals surface area contributed by atoms with Gasteiger partial charge in [-0.25, -0.2) is 9.78 Å². The number of amides is 13. The number of carboxylic acid groups (broad SMARTS) is 2. The Morgan fingerprint density at radius 3 is 1.75 bits per heavy atom. The zero-order valence-corrected chi connectivity index (χ0v) is 53.7. The third kappa shape index (κ3) is 28.4. The molecule has 0 spiro atoms. The van der Waals surface area contributed by atoms with Crippen molar-refractivity contribution >= 4 is 106 Å². The molecule has 1 aromatic carbocycles. The first-order valence-corrected chi connectivity index (χ1v) is 31.5. The Morgan fingerprint density at radius 2 is 1.21 bits per heavy atom. The van der Waals surface area contributed by atoms with Gasteiger partial charge in [-0.05, 0) is 68.9 Å². The molecular weight excluding hydrogens is 1270 g/mol. The van der Waals surface area contributed by atoms with Gasteiger partial charge in [0.15, 0.2) is 5.96 Å². The molecule has 1 saturated heterocycles. The van der Waals surface area contributed by atoms with E-state index in [-0.39, 0.29) is 76.3 Å². The van der Waals surface area contributed by atoms with E-state index in [1.807, 2.05) is 0 Å². The fraction of sp³-hybridized carbons (Fsp3) is 0.561. The maximum absolute atomic E-state index is 14.2. The number of thioether (sulfide) groups is 1. The molecule has 524 valence electrons. The molecule has 0 radical (unpaired) electrons. The van der Waals surface area contributed by atoms with Crippen molar-refractivity contribution in [2.24, 2.45) is 39.6 Å². The van der Waals surface area contributed by atoms with Gasteiger partial charge >= 0.3 is 11.9 Å². The molecule has 1 aromatic heterocycles. The zero-order valence-electron chi connectivity index (χ0n) is 52.9. The SMILES string of the molecule is CSCC[C@H](NC(=O)[C@@H](N)Cc1cnc[nH]1)C(=O)N[C@@H](CC(=O)O)C(=O)N[C@@H](CC(N)=O)C(=O)N[C@@H](CC(N)=O)C(=O)N[C@@H](C)C(=O)N[C@@H](Cc1ccccc1)C(=O)N[C@@H](CO)C(=O)N1CCC[C@H]1C(=O)N[C@@H](CC(C)C)C(=O)NCC(=O)N[C@@H](CCCN=C(N)N)C(=O)O. The van der Waals surface area contributed by atoms with Crippen LogP contribution in [0.15, 0.2) is 47.8 Å². The number of aromatic amines is 1. The highest BCUT2D eigenvalue weighted by molar-refractivity contribution is 7.98. The molecule has 0 unspecified atom stereocenters. The van der Waals surface area contributed by atoms with Crippen LogP contribution >= 0.6 is 11.8 Å². The second-order valence-corrected chi connectivity index (χ2v) is 23.6. The van der Waals surface area contributed by atoms with Crippen molar-refractivity contribution < 1.29 is 87.2 Å². The van der Waals surface area contributed by atoms with E-state index in [0.29, 0.717) is 17.0 Å². The van der Waals surface area contributed by atoms with Crippen molar-refractivity contribution in [1.82, 2.24) is 68.0 Å². The number of nitrogens with one attached hydrogen (secondary N) is 11. The van der Waals surface area contributed by atoms with E-state index in [9.17, 15) is 87.2 Å². The number of carbonyl (C=O) groups is 15. The predicted octanol–water partition coefficient (Wildman–Crippen LogP) is -7.83. The average Bonchev–Trinajstić information content (AvgIpc) is 1.77. The summed E-state index contributed by atoms with van der Waals surface area (Å²) in [6, 6.07) is -9.16. The summed E-state index contributed by atoms with van der Waals surface area (Å²) in [5, 5.41) is 53.3. The minimum absolute atomic E-state index is 0.00602. The first kappa shape index (κ1) is 79.3. The molecule has 13 amide bonds. The number of carbonyl (C=O) groups excluding carboxylic acids is 13. The highest BCUT2D eigenvalue weighted by Crippen LogP contribution is 2.20. The van der Waals surface area contributed by atoms with Gasteiger partial charge in [0.2, 0.25) is 76.8 Å². The predicted molar refractivity (Wildman–Crippen MR) is 338 cm³/mol. The number of guanidine groups is 1. The number of hydrogen-bond acceptors (Lipinski definition) is 20. The quantitative estimate of drug-likeness (QED) is 0.0167. The fourth-order valence-corrected chi connectivity index (χ4v) is 9.97. The van der Waals surface area contributed by atoms with Crippen molar-refractivity contribution in [2.45, 2.75) is 158 Å². The molecule has 1 fully saturated rings. The maximum Gasteiger partial charge on any atom is 0.326 e. The molecule has 2 aromatic rings. The topological polar surface area (TPSA) is 611 Å². The molecular formula is C57H87N19O18S. The van der Waals surface area contributed by atoms with Gasteiger partial charge in [0, 0.05) is 37.8 Å². The van der Waals surface area contributed by atoms with E-state index in [1.54, 1.807) is 50.4 Å². The van der Waals surface area contributed by atoms with Crippen LogP contribution in [0, 0.1) is 5.92 Å². The molecule has 0 bridgehead atoms. The fourth-order valence-electron chi connectivity index (χ4n) is 9.50. The van der Waals surface area contributed by atoms with Crippen molar-refractivity contribution in [3.8, 4) is 0 Å². The van der Waals surface area contributed by atoms with Crippen LogP contribution in [-0.4, -0.2) is 230 Å². The molecule has 24 N–H and O–H groups in total. The summed E-state index contributed by atoms with van der Waals surface area (Å²) in [5.74, 6) is -16.8. The Morgan fingerprint density at radius 1 is 0.653 bits per heavy atom. The Balaban J connectivity index is 1.77. The molecule has 1 aliphatic rings. The summed E-state index contributed by atoms with van der Waals surface area (Å²) < 4.78 is 0. The Bertz CT molecular complexity index is 3050. The van der Waals surface area contributed by atoms with Crippen LogP contribution in [0.1, 0.15) is 89.8 Å². The van der Waals surface area contributed by atoms with Crippen LogP contribution < -0.4 is 81.8 Å². The molecule has 38 heteroatoms. The number of aliphatic carboxylic acids is 2. The van der Waals surface area contributed by atoms with Crippen LogP contribution in [0.4, 0.5) is 0 Å². The lowest BCUT2D eigenvalue weighted by molar-refractivity contribution is -0.143. The average molecular weight is 1360 g/mol. The number of aromatic nitrogens is 2. The molecule has 95 heavy (non-hydrogen) atoms. The van der Waals surface area contributed by atoms with E-state index in [4.69, 9.17) is 28.7 Å². The molecule has 2 heterocycles. The monoisotopic (exact) mass is 1360 g/mol. The highest BCUT2D eigenvalue weighted by atomic mass is 32.2. The van der Waals surface area contributed by atoms with Crippen molar-refractivity contribution in [3.63, 3.8) is 0 Å². The van der Waals surface area contributed by atoms with Crippen LogP contribution in [0.5, 0.6) is 0 Å². The van der Waals surface area contributed by atoms with Gasteiger partial charge in [0.1, 0.15) is 60.4 Å². The minimum atomic E-state index is -2.02. The Kier molecular flexibility index (Phi) is 33.5. The number of aliphatic hydroxyl groups is 1. The van der Waals surface area contributed by atoms with Crippen LogP contribution in [-0.2, 0) is 84.8 Å². The number of H-pyrrole nitrogens is 1. The number of benzene rings is 1. The van der Waals surface area contributed by atoms with Gasteiger partial charge < -0.3 is 107 Å². The molecule has 3 rings (SSSR count). The zero-order chi connectivity index (χ0) is 71.1. The van der Waals surface area contributed by atoms with Crippen molar-refractivity contribution in [2.75, 3.05) is 38.2 Å². The van der Waals surface area contributed by atoms with Crippen LogP contribution in [0.25, 0.3) is 0 Å². The number of aliphatic imine (C=N–C) groups is 1. The molecule has 11 atom stereocenters. The number of likely N-dealkylation sites (tertiary alicyclic amines) is 1. The lowest BCUT2D eigenvalue weighted by Gasteiger charge is -2.30. The van der Waals surface area contributed by atoms with E-state index in [2.05, 4.69) is 68.1 Å². The summed E-state index contributed by atoms with van der Waals surface area (Å²) in [7, 11) is 0. The summed E-state index contributed by atoms with van der Waals surface area (Å²) >= 11 is 1.29. The normalized spacial score (nSPS) is 15.7. The number of hydrogen-bond donors (Lipinski definition) is 19. The third-order valence-corrected chi connectivity index (χ3v) is 15.0. The van der Waals surface area contributed by atoms with Gasteiger partial charge in [0.05, 0.1) is 44.8 Å². The van der Waals surface area contributed by atoms with E-state index < -0.39 is 188 Å². The van der Waals surface area contributed by atoms with E-state index in [1.165, 1.54) is 24.3 Å². The second kappa shape index (κ2) is 40.2. The lowest BCUT2D eigenvalue weighted by atomic mass is 10.0. The number of primary amides is 2. The highest BCUT2D eigenvalue weighted by Gasteiger charge is 2.41.